The first-order valence-electron chi connectivity index (χ1n) is 15.2. The molecule has 3 heterocycles. The maximum Gasteiger partial charge on any atom is 0.410 e. The monoisotopic (exact) mass is 760 g/mol. The number of nitrogens with one attached hydrogen (secondary N) is 1. The number of hydrogen-bond donors (Lipinski definition) is 1. The second kappa shape index (κ2) is 14.0. The van der Waals surface area contributed by atoms with Gasteiger partial charge in [0.1, 0.15) is 23.6 Å². The molecular formula is C34H41IN4O8. The number of aryl methyl sites for hydroxylation is 1. The molecule has 47 heavy (non-hydrogen) atoms. The molecule has 0 bridgehead atoms. The fourth-order valence-electron chi connectivity index (χ4n) is 5.08. The number of likely N-dealkylation sites (tertiary alicyclic amines) is 1. The Morgan fingerprint density at radius 2 is 1.53 bits per heavy atom. The van der Waals surface area contributed by atoms with Crippen LogP contribution in [-0.2, 0) is 26.2 Å². The van der Waals surface area contributed by atoms with E-state index in [2.05, 4.69) is 5.32 Å². The van der Waals surface area contributed by atoms with Gasteiger partial charge in [0.2, 0.25) is 6.10 Å². The van der Waals surface area contributed by atoms with Crippen LogP contribution in [0.15, 0.2) is 54.7 Å². The van der Waals surface area contributed by atoms with Crippen molar-refractivity contribution in [1.29, 1.82) is 0 Å². The fourth-order valence-corrected chi connectivity index (χ4v) is 5.08. The van der Waals surface area contributed by atoms with Crippen molar-refractivity contribution in [3.8, 4) is 5.75 Å². The van der Waals surface area contributed by atoms with E-state index in [1.54, 1.807) is 43.9 Å². The number of nitrogens with zero attached hydrogens (tertiary/aromatic N) is 3. The molecule has 13 heteroatoms. The van der Waals surface area contributed by atoms with Gasteiger partial charge in [0.25, 0.3) is 17.6 Å². The van der Waals surface area contributed by atoms with Crippen LogP contribution in [0.3, 0.4) is 0 Å². The molecule has 2 aliphatic heterocycles. The van der Waals surface area contributed by atoms with Gasteiger partial charge in [-0.3, -0.25) is 14.9 Å². The number of hydroxylamine groups is 2. The topological polar surface area (TPSA) is 128 Å². The molecule has 0 aliphatic carbocycles. The summed E-state index contributed by atoms with van der Waals surface area (Å²) < 4.78 is 18.9. The number of benzene rings is 2. The van der Waals surface area contributed by atoms with Gasteiger partial charge in [-0.05, 0) is 71.2 Å². The van der Waals surface area contributed by atoms with Crippen molar-refractivity contribution in [2.75, 3.05) is 31.6 Å². The van der Waals surface area contributed by atoms with Crippen molar-refractivity contribution < 1.29 is 66.8 Å². The molecule has 0 spiro atoms. The Kier molecular flexibility index (Phi) is 10.7. The molecule has 1 atom stereocenters. The number of anilines is 1. The van der Waals surface area contributed by atoms with Gasteiger partial charge >= 0.3 is 12.1 Å². The molecular weight excluding hydrogens is 719 g/mol. The SMILES string of the molecule is C[n+]1cc2cc(OC[C@H](ON3C(=O)c4ccccc4C3=O)C(=O)OC(C)(C)C)ccc2cc1NCC1CN(C(=O)OC(C)(C)C)C1.[I-]. The fraction of sp³-hybridized carbons (Fsp3) is 0.441. The summed E-state index contributed by atoms with van der Waals surface area (Å²) in [5.74, 6) is -0.392. The molecule has 2 aromatic carbocycles. The van der Waals surface area contributed by atoms with E-state index in [4.69, 9.17) is 19.0 Å². The number of fused-ring (bicyclic) bond motifs is 2. The Bertz CT molecular complexity index is 1640. The van der Waals surface area contributed by atoms with Gasteiger partial charge in [-0.1, -0.05) is 18.2 Å². The molecule has 0 unspecified atom stereocenters. The summed E-state index contributed by atoms with van der Waals surface area (Å²) in [6.07, 6.45) is 0.280. The van der Waals surface area contributed by atoms with Crippen molar-refractivity contribution in [2.45, 2.75) is 58.8 Å². The number of pyridine rings is 1. The zero-order valence-corrected chi connectivity index (χ0v) is 29.8. The minimum Gasteiger partial charge on any atom is -1.00 e. The van der Waals surface area contributed by atoms with Crippen LogP contribution in [0.4, 0.5) is 10.6 Å². The molecule has 0 saturated carbocycles. The van der Waals surface area contributed by atoms with Gasteiger partial charge in [-0.25, -0.2) is 19.0 Å². The molecule has 2 aliphatic rings. The second-order valence-electron chi connectivity index (χ2n) is 13.6. The van der Waals surface area contributed by atoms with Gasteiger partial charge in [0.05, 0.1) is 30.9 Å². The number of halogens is 1. The van der Waals surface area contributed by atoms with E-state index in [0.717, 1.165) is 16.6 Å². The predicted molar refractivity (Wildman–Crippen MR) is 168 cm³/mol. The van der Waals surface area contributed by atoms with Crippen LogP contribution in [0.2, 0.25) is 0 Å². The molecule has 3 aromatic rings. The van der Waals surface area contributed by atoms with E-state index in [1.165, 1.54) is 12.1 Å². The first-order valence-corrected chi connectivity index (χ1v) is 15.2. The maximum absolute atomic E-state index is 13.1. The lowest BCUT2D eigenvalue weighted by atomic mass is 10.0. The third-order valence-corrected chi connectivity index (χ3v) is 7.30. The van der Waals surface area contributed by atoms with E-state index in [1.807, 2.05) is 56.8 Å². The standard InChI is InChI=1S/C34H40N4O8.HI/c1-33(2,3)44-31(41)27(46-38-29(39)25-10-8-9-11-26(25)30(38)40)20-43-24-13-12-22-15-28(36(7)19-23(22)14-24)35-16-21-17-37(18-21)32(42)45-34(4,5)6;/h8-15,19,21,27H,16-18,20H2,1-7H3;1H/t27-;/m0./s1. The number of carbonyl (C=O) groups excluding carboxylic acids is 4. The number of amides is 3. The van der Waals surface area contributed by atoms with Gasteiger partial charge in [-0.15, -0.1) is 5.06 Å². The summed E-state index contributed by atoms with van der Waals surface area (Å²) in [6.45, 7) is 12.4. The van der Waals surface area contributed by atoms with Gasteiger partial charge in [0.15, 0.2) is 0 Å². The normalized spacial score (nSPS) is 15.5. The average molecular weight is 761 g/mol. The van der Waals surface area contributed by atoms with Crippen LogP contribution in [0.1, 0.15) is 62.3 Å². The van der Waals surface area contributed by atoms with E-state index in [9.17, 15) is 19.2 Å². The average Bonchev–Trinajstić information content (AvgIpc) is 3.17. The van der Waals surface area contributed by atoms with Gasteiger partial charge < -0.3 is 43.1 Å². The third-order valence-electron chi connectivity index (χ3n) is 7.30. The molecule has 1 saturated heterocycles. The summed E-state index contributed by atoms with van der Waals surface area (Å²) in [6, 6.07) is 13.9. The largest absolute Gasteiger partial charge is 1.00 e. The number of imide groups is 1. The maximum atomic E-state index is 13.1. The molecule has 1 fully saturated rings. The lowest BCUT2D eigenvalue weighted by Crippen LogP contribution is -3.00. The Hall–Kier alpha value is -3.98. The van der Waals surface area contributed by atoms with Gasteiger partial charge in [-0.2, -0.15) is 0 Å². The van der Waals surface area contributed by atoms with Crippen LogP contribution in [0.25, 0.3) is 10.8 Å². The quantitative estimate of drug-likeness (QED) is 0.149. The van der Waals surface area contributed by atoms with Crippen molar-refractivity contribution >= 4 is 40.5 Å². The van der Waals surface area contributed by atoms with Crippen LogP contribution in [-0.4, -0.2) is 77.4 Å². The van der Waals surface area contributed by atoms with E-state index in [-0.39, 0.29) is 47.8 Å². The number of carbonyl (C=O) groups is 4. The number of rotatable bonds is 9. The highest BCUT2D eigenvalue weighted by molar-refractivity contribution is 6.20. The molecule has 1 N–H and O–H groups in total. The van der Waals surface area contributed by atoms with Crippen molar-refractivity contribution in [1.82, 2.24) is 9.96 Å². The van der Waals surface area contributed by atoms with Crippen LogP contribution >= 0.6 is 0 Å². The molecule has 0 radical (unpaired) electrons. The van der Waals surface area contributed by atoms with Crippen LogP contribution in [0, 0.1) is 5.92 Å². The summed E-state index contributed by atoms with van der Waals surface area (Å²) >= 11 is 0. The summed E-state index contributed by atoms with van der Waals surface area (Å²) in [5.41, 5.74) is -0.953. The zero-order valence-electron chi connectivity index (χ0n) is 27.7. The summed E-state index contributed by atoms with van der Waals surface area (Å²) in [5, 5.41) is 5.92. The Morgan fingerprint density at radius 3 is 2.13 bits per heavy atom. The van der Waals surface area contributed by atoms with Crippen molar-refractivity contribution in [3.63, 3.8) is 0 Å². The predicted octanol–water partition coefficient (Wildman–Crippen LogP) is 1.26. The number of aromatic nitrogens is 1. The van der Waals surface area contributed by atoms with E-state index in [0.29, 0.717) is 36.4 Å². The molecule has 12 nitrogen and oxygen atoms in total. The number of hydrogen-bond acceptors (Lipinski definition) is 9. The van der Waals surface area contributed by atoms with E-state index >= 15 is 0 Å². The lowest BCUT2D eigenvalue weighted by molar-refractivity contribution is -0.655. The number of ether oxygens (including phenoxy) is 3. The first kappa shape index (κ1) is 35.9. The molecule has 252 valence electrons. The van der Waals surface area contributed by atoms with Crippen LogP contribution in [0.5, 0.6) is 5.75 Å². The highest BCUT2D eigenvalue weighted by Crippen LogP contribution is 2.26. The Balaban J connectivity index is 0.00000500. The molecule has 1 aromatic heterocycles. The zero-order chi connectivity index (χ0) is 33.4. The first-order chi connectivity index (χ1) is 21.6. The summed E-state index contributed by atoms with van der Waals surface area (Å²) in [7, 11) is 1.93. The highest BCUT2D eigenvalue weighted by atomic mass is 127. The van der Waals surface area contributed by atoms with E-state index < -0.39 is 35.1 Å². The van der Waals surface area contributed by atoms with Gasteiger partial charge in [0, 0.05) is 30.5 Å². The highest BCUT2D eigenvalue weighted by Gasteiger charge is 2.41. The Labute approximate surface area is 291 Å². The minimum absolute atomic E-state index is 0. The van der Waals surface area contributed by atoms with Crippen molar-refractivity contribution in [3.05, 3.63) is 65.9 Å². The number of esters is 1. The minimum atomic E-state index is -1.39. The van der Waals surface area contributed by atoms with Crippen LogP contribution < -0.4 is 38.6 Å². The third kappa shape index (κ3) is 8.69. The lowest BCUT2D eigenvalue weighted by Gasteiger charge is -2.38. The smallest absolute Gasteiger partial charge is 0.410 e. The Morgan fingerprint density at radius 1 is 0.915 bits per heavy atom. The molecule has 5 rings (SSSR count). The summed E-state index contributed by atoms with van der Waals surface area (Å²) in [4.78, 5) is 58.4. The van der Waals surface area contributed by atoms with Crippen molar-refractivity contribution in [2.24, 2.45) is 13.0 Å². The molecule has 3 amide bonds. The second-order valence-corrected chi connectivity index (χ2v) is 13.6.